The first-order valence-electron chi connectivity index (χ1n) is 0.478. The van der Waals surface area contributed by atoms with E-state index in [0.29, 0.717) is 0 Å². The Balaban J connectivity index is -0.0000000450. The zero-order chi connectivity index (χ0) is 3.58. The van der Waals surface area contributed by atoms with Gasteiger partial charge in [0.25, 0.3) is 10.8 Å². The summed E-state index contributed by atoms with van der Waals surface area (Å²) in [5.74, 6) is 0. The number of hydrogen-bond acceptors (Lipinski definition) is 3. The van der Waals surface area contributed by atoms with Crippen LogP contribution in [0.2, 0.25) is 0 Å². The zero-order valence-electron chi connectivity index (χ0n) is 3.64. The molecule has 0 spiro atoms. The molecule has 5 heteroatoms. The fraction of sp³-hybridized carbons (Fsp3) is 0. The van der Waals surface area contributed by atoms with Crippen LogP contribution in [-0.4, -0.2) is 4.66 Å². The van der Waals surface area contributed by atoms with Crippen LogP contribution in [0.4, 0.5) is 0 Å². The molecule has 0 aliphatic heterocycles. The van der Waals surface area contributed by atoms with E-state index in [4.69, 9.17) is 14.0 Å². The third kappa shape index (κ3) is 22.5. The van der Waals surface area contributed by atoms with Gasteiger partial charge in [-0.1, -0.05) is 0 Å². The van der Waals surface area contributed by atoms with Crippen molar-refractivity contribution in [2.75, 3.05) is 0 Å². The molecule has 0 aliphatic carbocycles. The quantitative estimate of drug-likeness (QED) is 0.440. The molecule has 0 unspecified atom stereocenters. The van der Waals surface area contributed by atoms with E-state index in [1.54, 1.807) is 0 Å². The number of rotatable bonds is 0. The average Bonchev–Trinajstić information content (AvgIpc) is 0.811. The predicted octanol–water partition coefficient (Wildman–Crippen LogP) is -5.82. The van der Waals surface area contributed by atoms with Crippen molar-refractivity contribution in [2.45, 2.75) is 0 Å². The minimum absolute atomic E-state index is 0. The zero-order valence-corrected chi connectivity index (χ0v) is 9.68. The Morgan fingerprint density at radius 3 is 1.60 bits per heavy atom. The molecule has 0 aromatic carbocycles. The molecule has 0 saturated carbocycles. The van der Waals surface area contributed by atoms with Crippen LogP contribution >= 0.6 is 0 Å². The summed E-state index contributed by atoms with van der Waals surface area (Å²) in [6, 6.07) is 0. The van der Waals surface area contributed by atoms with Crippen LogP contribution in [-0.2, 0) is 0 Å². The molecule has 0 atom stereocenters. The Morgan fingerprint density at radius 1 is 1.60 bits per heavy atom. The second kappa shape index (κ2) is 6.22. The van der Waals surface area contributed by atoms with Crippen molar-refractivity contribution < 1.29 is 95.1 Å². The van der Waals surface area contributed by atoms with Gasteiger partial charge in [0.2, 0.25) is 0 Å². The van der Waals surface area contributed by atoms with E-state index in [-0.39, 0.29) is 70.3 Å². The van der Waals surface area contributed by atoms with Gasteiger partial charge >= 0.3 is 68.9 Å². The van der Waals surface area contributed by atoms with E-state index >= 15 is 0 Å². The summed E-state index contributed by atoms with van der Waals surface area (Å²) in [6.07, 6.45) is 0. The Bertz CT molecular complexity index is 15.5. The largest absolute Gasteiger partial charge is 1.00 e. The van der Waals surface area contributed by atoms with E-state index in [2.05, 4.69) is 0 Å². The van der Waals surface area contributed by atoms with E-state index in [1.165, 1.54) is 0 Å². The van der Waals surface area contributed by atoms with Gasteiger partial charge in [-0.2, -0.15) is 0 Å². The molecule has 0 amide bonds. The summed E-state index contributed by atoms with van der Waals surface area (Å²) < 4.78 is 24.0. The third-order valence-electron chi connectivity index (χ3n) is 0. The summed E-state index contributed by atoms with van der Waals surface area (Å²) in [7, 11) is -2.60. The maximum atomic E-state index is 8.52. The Hall–Kier alpha value is 2.22. The van der Waals surface area contributed by atoms with Gasteiger partial charge in [-0.25, -0.2) is 0 Å². The van der Waals surface area contributed by atoms with Crippen molar-refractivity contribution in [3.63, 3.8) is 0 Å². The van der Waals surface area contributed by atoms with Crippen molar-refractivity contribution in [3.8, 4) is 0 Å². The molecule has 0 radical (unpaired) electrons. The molecule has 28 valence electrons. The first-order chi connectivity index (χ1) is 1.73. The van der Waals surface area contributed by atoms with Gasteiger partial charge in [-0.3, -0.25) is 0 Å². The second-order valence-electron chi connectivity index (χ2n) is 0.201. The molecule has 0 saturated heterocycles. The molecule has 1 N–H and O–H groups in total. The summed E-state index contributed by atoms with van der Waals surface area (Å²) in [5.41, 5.74) is 0. The third-order valence-corrected chi connectivity index (χ3v) is 0. The summed E-state index contributed by atoms with van der Waals surface area (Å²) in [4.78, 5) is 0. The molecule has 0 aromatic rings. The Morgan fingerprint density at radius 2 is 1.60 bits per heavy atom. The van der Waals surface area contributed by atoms with E-state index in [1.807, 2.05) is 0 Å². The molecular formula is H2ClCsO3. The average molecular weight is 218 g/mol. The number of halogens is 1. The minimum Gasteiger partial charge on any atom is -1.00 e. The Labute approximate surface area is 92.7 Å². The maximum Gasteiger partial charge on any atom is 1.00 e. The molecule has 5 heavy (non-hydrogen) atoms. The monoisotopic (exact) mass is 218 g/mol. The SMILES string of the molecule is [Cs+].[H-].[O-][Cl+2]([O-])O. The van der Waals surface area contributed by atoms with Gasteiger partial charge in [-0.05, 0) is 0 Å². The number of hydrogen-bond donors (Lipinski definition) is 1. The fourth-order valence-electron chi connectivity index (χ4n) is 0. The van der Waals surface area contributed by atoms with E-state index in [0.717, 1.165) is 0 Å². The molecule has 0 heterocycles. The van der Waals surface area contributed by atoms with Crippen LogP contribution in [0.1, 0.15) is 1.43 Å². The minimum atomic E-state index is -2.60. The van der Waals surface area contributed by atoms with Crippen LogP contribution in [0.3, 0.4) is 0 Å². The summed E-state index contributed by atoms with van der Waals surface area (Å²) >= 11 is 0. The molecule has 0 bridgehead atoms. The fourth-order valence-corrected chi connectivity index (χ4v) is 0. The van der Waals surface area contributed by atoms with Crippen LogP contribution in [0, 0.1) is 10.8 Å². The molecule has 0 aromatic heterocycles. The second-order valence-corrected chi connectivity index (χ2v) is 0.603. The smallest absolute Gasteiger partial charge is 1.00 e. The van der Waals surface area contributed by atoms with Crippen LogP contribution in [0.25, 0.3) is 0 Å². The topological polar surface area (TPSA) is 66.3 Å². The first-order valence-corrected chi connectivity index (χ1v) is 1.43. The van der Waals surface area contributed by atoms with Crippen molar-refractivity contribution in [1.29, 1.82) is 0 Å². The molecular weight excluding hydrogens is 216 g/mol. The van der Waals surface area contributed by atoms with Gasteiger partial charge in [0.1, 0.15) is 0 Å². The summed E-state index contributed by atoms with van der Waals surface area (Å²) in [6.45, 7) is 0. The van der Waals surface area contributed by atoms with Crippen LogP contribution in [0.5, 0.6) is 0 Å². The van der Waals surface area contributed by atoms with Crippen molar-refractivity contribution >= 4 is 0 Å². The maximum absolute atomic E-state index is 8.52. The molecule has 3 nitrogen and oxygen atoms in total. The van der Waals surface area contributed by atoms with Crippen LogP contribution in [0.15, 0.2) is 0 Å². The van der Waals surface area contributed by atoms with Gasteiger partial charge in [0, 0.05) is 4.66 Å². The van der Waals surface area contributed by atoms with Gasteiger partial charge < -0.3 is 10.7 Å². The molecule has 0 rings (SSSR count). The molecule has 0 aliphatic rings. The van der Waals surface area contributed by atoms with E-state index < -0.39 is 10.8 Å². The summed E-state index contributed by atoms with van der Waals surface area (Å²) in [5, 5.41) is 0. The van der Waals surface area contributed by atoms with Gasteiger partial charge in [0.15, 0.2) is 0 Å². The Kier molecular flexibility index (Phi) is 12.8. The molecule has 0 fully saturated rings. The first kappa shape index (κ1) is 10.3. The van der Waals surface area contributed by atoms with E-state index in [9.17, 15) is 0 Å². The van der Waals surface area contributed by atoms with Gasteiger partial charge in [-0.15, -0.1) is 0 Å². The predicted molar refractivity (Wildman–Crippen MR) is 3.33 cm³/mol. The van der Waals surface area contributed by atoms with Crippen LogP contribution < -0.4 is 78.2 Å². The van der Waals surface area contributed by atoms with Gasteiger partial charge in [0.05, 0.1) is 0 Å². The van der Waals surface area contributed by atoms with Crippen molar-refractivity contribution in [2.24, 2.45) is 0 Å². The van der Waals surface area contributed by atoms with Crippen molar-refractivity contribution in [1.82, 2.24) is 0 Å². The standard InChI is InChI=1S/ClHO3.Cs.H/c2-1(3)4;;/h2H;;/q;+1;-1. The van der Waals surface area contributed by atoms with Crippen molar-refractivity contribution in [3.05, 3.63) is 0 Å². The normalized spacial score (nSPS) is 7.20.